The van der Waals surface area contributed by atoms with E-state index in [1.165, 1.54) is 0 Å². The van der Waals surface area contributed by atoms with Crippen LogP contribution in [0.4, 0.5) is 0 Å². The predicted molar refractivity (Wildman–Crippen MR) is 110 cm³/mol. The zero-order valence-electron chi connectivity index (χ0n) is 16.9. The molecule has 150 valence electrons. The van der Waals surface area contributed by atoms with Crippen molar-refractivity contribution in [2.75, 3.05) is 7.11 Å². The molecular weight excluding hydrogens is 368 g/mol. The van der Waals surface area contributed by atoms with Crippen LogP contribution in [0.2, 0.25) is 0 Å². The van der Waals surface area contributed by atoms with Gasteiger partial charge in [-0.3, -0.25) is 14.7 Å². The fraction of sp³-hybridized carbons (Fsp3) is 0.273. The van der Waals surface area contributed by atoms with Gasteiger partial charge in [-0.25, -0.2) is 4.98 Å². The maximum absolute atomic E-state index is 12.3. The Balaban J connectivity index is 1.60. The zero-order valence-corrected chi connectivity index (χ0v) is 16.9. The summed E-state index contributed by atoms with van der Waals surface area (Å²) < 4.78 is 5.13. The van der Waals surface area contributed by atoms with E-state index in [0.29, 0.717) is 17.2 Å². The van der Waals surface area contributed by atoms with Gasteiger partial charge in [0.05, 0.1) is 13.7 Å². The van der Waals surface area contributed by atoms with Gasteiger partial charge in [0.2, 0.25) is 5.78 Å². The number of ketones is 1. The van der Waals surface area contributed by atoms with Crippen molar-refractivity contribution in [2.24, 2.45) is 0 Å². The van der Waals surface area contributed by atoms with E-state index in [2.05, 4.69) is 41.3 Å². The lowest BCUT2D eigenvalue weighted by Crippen LogP contribution is -2.31. The Kier molecular flexibility index (Phi) is 5.77. The van der Waals surface area contributed by atoms with Crippen LogP contribution in [0.5, 0.6) is 5.75 Å². The summed E-state index contributed by atoms with van der Waals surface area (Å²) in [6, 6.07) is 14.4. The number of carbonyl (C=O) groups excluding carboxylic acids is 2. The fourth-order valence-corrected chi connectivity index (χ4v) is 2.74. The normalized spacial score (nSPS) is 11.2. The van der Waals surface area contributed by atoms with Crippen LogP contribution in [0.3, 0.4) is 0 Å². The largest absolute Gasteiger partial charge is 0.497 e. The summed E-state index contributed by atoms with van der Waals surface area (Å²) in [4.78, 5) is 28.9. The minimum Gasteiger partial charge on any atom is -0.497 e. The number of hydrogen-bond donors (Lipinski definition) is 2. The van der Waals surface area contributed by atoms with Crippen molar-refractivity contribution in [3.05, 3.63) is 65.5 Å². The van der Waals surface area contributed by atoms with Crippen molar-refractivity contribution in [2.45, 2.75) is 32.7 Å². The third kappa shape index (κ3) is 4.87. The van der Waals surface area contributed by atoms with Crippen LogP contribution in [0.15, 0.2) is 48.5 Å². The predicted octanol–water partition coefficient (Wildman–Crippen LogP) is 3.28. The van der Waals surface area contributed by atoms with Crippen LogP contribution in [0.25, 0.3) is 11.4 Å². The molecule has 0 saturated carbocycles. The molecule has 7 heteroatoms. The molecule has 1 aromatic heterocycles. The molecule has 0 atom stereocenters. The second-order valence-corrected chi connectivity index (χ2v) is 7.67. The number of aromatic amines is 1. The average Bonchev–Trinajstić information content (AvgIpc) is 3.20. The molecular formula is C22H24N4O3. The van der Waals surface area contributed by atoms with E-state index in [4.69, 9.17) is 4.74 Å². The number of nitrogens with zero attached hydrogens (tertiary/aromatic N) is 2. The summed E-state index contributed by atoms with van der Waals surface area (Å²) >= 11 is 0. The van der Waals surface area contributed by atoms with Gasteiger partial charge < -0.3 is 10.1 Å². The summed E-state index contributed by atoms with van der Waals surface area (Å²) in [6.45, 7) is 6.35. The van der Waals surface area contributed by atoms with Crippen LogP contribution < -0.4 is 10.1 Å². The van der Waals surface area contributed by atoms with Crippen molar-refractivity contribution >= 4 is 11.7 Å². The van der Waals surface area contributed by atoms with E-state index < -0.39 is 11.7 Å². The van der Waals surface area contributed by atoms with Crippen LogP contribution in [0, 0.1) is 0 Å². The van der Waals surface area contributed by atoms with Crippen LogP contribution in [-0.4, -0.2) is 34.0 Å². The van der Waals surface area contributed by atoms with Crippen molar-refractivity contribution in [3.8, 4) is 17.1 Å². The molecule has 0 aliphatic heterocycles. The highest BCUT2D eigenvalue weighted by Gasteiger charge is 2.19. The molecule has 0 bridgehead atoms. The number of benzene rings is 2. The minimum absolute atomic E-state index is 0.0162. The Morgan fingerprint density at radius 2 is 1.69 bits per heavy atom. The maximum atomic E-state index is 12.3. The first kappa shape index (κ1) is 20.3. The van der Waals surface area contributed by atoms with Gasteiger partial charge in [0.15, 0.2) is 5.82 Å². The standard InChI is InChI=1S/C22H24N4O3/c1-22(2,3)16-9-5-14(6-10-16)19(27)21(28)23-13-18-24-20(26-25-18)15-7-11-17(29-4)12-8-15/h5-12H,13H2,1-4H3,(H,23,28)(H,24,25,26). The molecule has 0 saturated heterocycles. The molecule has 29 heavy (non-hydrogen) atoms. The topological polar surface area (TPSA) is 97.0 Å². The first-order chi connectivity index (χ1) is 13.8. The van der Waals surface area contributed by atoms with Gasteiger partial charge in [-0.05, 0) is 35.2 Å². The molecule has 3 aromatic rings. The van der Waals surface area contributed by atoms with Crippen LogP contribution in [0.1, 0.15) is 42.5 Å². The molecule has 7 nitrogen and oxygen atoms in total. The number of aromatic nitrogens is 3. The quantitative estimate of drug-likeness (QED) is 0.496. The van der Waals surface area contributed by atoms with Crippen LogP contribution >= 0.6 is 0 Å². The number of amides is 1. The lowest BCUT2D eigenvalue weighted by atomic mass is 9.86. The highest BCUT2D eigenvalue weighted by Crippen LogP contribution is 2.22. The minimum atomic E-state index is -0.684. The lowest BCUT2D eigenvalue weighted by Gasteiger charge is -2.18. The number of nitrogens with one attached hydrogen (secondary N) is 2. The van der Waals surface area contributed by atoms with E-state index in [-0.39, 0.29) is 12.0 Å². The monoisotopic (exact) mass is 392 g/mol. The van der Waals surface area contributed by atoms with Crippen molar-refractivity contribution in [3.63, 3.8) is 0 Å². The molecule has 2 aromatic carbocycles. The average molecular weight is 392 g/mol. The van der Waals surface area contributed by atoms with Crippen LogP contribution in [-0.2, 0) is 16.8 Å². The Bertz CT molecular complexity index is 1000. The molecule has 2 N–H and O–H groups in total. The van der Waals surface area contributed by atoms with Crippen molar-refractivity contribution < 1.29 is 14.3 Å². The van der Waals surface area contributed by atoms with Gasteiger partial charge in [0, 0.05) is 11.1 Å². The summed E-state index contributed by atoms with van der Waals surface area (Å²) in [7, 11) is 1.60. The first-order valence-corrected chi connectivity index (χ1v) is 9.26. The molecule has 3 rings (SSSR count). The van der Waals surface area contributed by atoms with E-state index in [1.54, 1.807) is 19.2 Å². The van der Waals surface area contributed by atoms with Gasteiger partial charge in [0.25, 0.3) is 5.91 Å². The molecule has 0 fully saturated rings. The third-order valence-electron chi connectivity index (χ3n) is 4.52. The van der Waals surface area contributed by atoms with E-state index in [0.717, 1.165) is 16.9 Å². The maximum Gasteiger partial charge on any atom is 0.292 e. The molecule has 1 heterocycles. The highest BCUT2D eigenvalue weighted by molar-refractivity contribution is 6.42. The van der Waals surface area contributed by atoms with E-state index >= 15 is 0 Å². The Labute approximate surface area is 169 Å². The number of ether oxygens (including phenoxy) is 1. The summed E-state index contributed by atoms with van der Waals surface area (Å²) in [6.07, 6.45) is 0. The van der Waals surface area contributed by atoms with Gasteiger partial charge in [-0.1, -0.05) is 45.0 Å². The number of H-pyrrole nitrogens is 1. The van der Waals surface area contributed by atoms with Crippen molar-refractivity contribution in [1.29, 1.82) is 0 Å². The molecule has 0 unspecified atom stereocenters. The van der Waals surface area contributed by atoms with Gasteiger partial charge in [-0.15, -0.1) is 0 Å². The fourth-order valence-electron chi connectivity index (χ4n) is 2.74. The number of Topliss-reactive ketones (excluding diaryl/α,β-unsaturated/α-hetero) is 1. The molecule has 1 amide bonds. The zero-order chi connectivity index (χ0) is 21.0. The molecule has 0 radical (unpaired) electrons. The Morgan fingerprint density at radius 1 is 1.03 bits per heavy atom. The van der Waals surface area contributed by atoms with Gasteiger partial charge >= 0.3 is 0 Å². The highest BCUT2D eigenvalue weighted by atomic mass is 16.5. The lowest BCUT2D eigenvalue weighted by molar-refractivity contribution is -0.117. The SMILES string of the molecule is COc1ccc(-c2n[nH]c(CNC(=O)C(=O)c3ccc(C(C)(C)C)cc3)n2)cc1. The first-order valence-electron chi connectivity index (χ1n) is 9.26. The summed E-state index contributed by atoms with van der Waals surface area (Å²) in [5.41, 5.74) is 2.25. The third-order valence-corrected chi connectivity index (χ3v) is 4.52. The summed E-state index contributed by atoms with van der Waals surface area (Å²) in [5.74, 6) is 0.433. The van der Waals surface area contributed by atoms with E-state index in [1.807, 2.05) is 36.4 Å². The smallest absolute Gasteiger partial charge is 0.292 e. The van der Waals surface area contributed by atoms with Gasteiger partial charge in [0.1, 0.15) is 11.6 Å². The second kappa shape index (κ2) is 8.26. The number of carbonyl (C=O) groups is 2. The van der Waals surface area contributed by atoms with Crippen molar-refractivity contribution in [1.82, 2.24) is 20.5 Å². The molecule has 0 spiro atoms. The summed E-state index contributed by atoms with van der Waals surface area (Å²) in [5, 5.41) is 9.50. The number of methoxy groups -OCH3 is 1. The molecule has 0 aliphatic rings. The Hall–Kier alpha value is -3.48. The molecule has 0 aliphatic carbocycles. The van der Waals surface area contributed by atoms with E-state index in [9.17, 15) is 9.59 Å². The number of hydrogen-bond acceptors (Lipinski definition) is 5. The van der Waals surface area contributed by atoms with Gasteiger partial charge in [-0.2, -0.15) is 5.10 Å². The Morgan fingerprint density at radius 3 is 2.28 bits per heavy atom. The number of rotatable bonds is 6. The second-order valence-electron chi connectivity index (χ2n) is 7.67.